The van der Waals surface area contributed by atoms with E-state index in [1.54, 1.807) is 18.2 Å². The van der Waals surface area contributed by atoms with Crippen molar-refractivity contribution in [1.29, 1.82) is 0 Å². The smallest absolute Gasteiger partial charge is 0.371 e. The highest BCUT2D eigenvalue weighted by molar-refractivity contribution is 5.93. The van der Waals surface area contributed by atoms with E-state index >= 15 is 0 Å². The summed E-state index contributed by atoms with van der Waals surface area (Å²) in [4.78, 5) is 10.7. The third-order valence-corrected chi connectivity index (χ3v) is 2.07. The van der Waals surface area contributed by atoms with Crippen LogP contribution in [-0.4, -0.2) is 29.4 Å². The molecule has 0 fully saturated rings. The van der Waals surface area contributed by atoms with Crippen LogP contribution in [0.4, 0.5) is 0 Å². The van der Waals surface area contributed by atoms with Crippen LogP contribution >= 0.6 is 0 Å². The number of carboxylic acids is 1. The summed E-state index contributed by atoms with van der Waals surface area (Å²) in [5.41, 5.74) is 0.383. The van der Waals surface area contributed by atoms with Crippen LogP contribution in [0.15, 0.2) is 28.7 Å². The number of aliphatic hydroxyl groups excluding tert-OH is 1. The SMILES string of the molecule is O=C(O)c1cc2cccc(OCCO)c2o1. The average Bonchev–Trinajstić information content (AvgIpc) is 2.70. The van der Waals surface area contributed by atoms with E-state index in [-0.39, 0.29) is 19.0 Å². The van der Waals surface area contributed by atoms with Gasteiger partial charge >= 0.3 is 5.97 Å². The van der Waals surface area contributed by atoms with Crippen molar-refractivity contribution in [3.05, 3.63) is 30.0 Å². The summed E-state index contributed by atoms with van der Waals surface area (Å²) in [7, 11) is 0. The number of carboxylic acid groups (broad SMARTS) is 1. The van der Waals surface area contributed by atoms with Gasteiger partial charge in [-0.05, 0) is 12.1 Å². The zero-order valence-electron chi connectivity index (χ0n) is 8.34. The number of aliphatic hydroxyl groups is 1. The highest BCUT2D eigenvalue weighted by atomic mass is 16.5. The maximum atomic E-state index is 10.7. The van der Waals surface area contributed by atoms with Crippen molar-refractivity contribution in [2.45, 2.75) is 0 Å². The molecule has 1 aromatic heterocycles. The Hall–Kier alpha value is -2.01. The third kappa shape index (κ3) is 1.85. The zero-order valence-corrected chi connectivity index (χ0v) is 8.34. The van der Waals surface area contributed by atoms with Gasteiger partial charge in [-0.3, -0.25) is 0 Å². The maximum Gasteiger partial charge on any atom is 0.371 e. The van der Waals surface area contributed by atoms with Crippen LogP contribution < -0.4 is 4.74 Å². The standard InChI is InChI=1S/C11H10O5/c12-4-5-15-8-3-1-2-7-6-9(11(13)14)16-10(7)8/h1-3,6,12H,4-5H2,(H,13,14). The summed E-state index contributed by atoms with van der Waals surface area (Å²) in [5.74, 6) is -0.821. The topological polar surface area (TPSA) is 79.9 Å². The predicted molar refractivity (Wildman–Crippen MR) is 55.8 cm³/mol. The van der Waals surface area contributed by atoms with E-state index in [9.17, 15) is 4.79 Å². The average molecular weight is 222 g/mol. The summed E-state index contributed by atoms with van der Waals surface area (Å²) in [6.45, 7) is 0.0328. The molecule has 84 valence electrons. The van der Waals surface area contributed by atoms with Crippen molar-refractivity contribution >= 4 is 16.9 Å². The molecule has 0 saturated heterocycles. The molecule has 2 aromatic rings. The van der Waals surface area contributed by atoms with Crippen LogP contribution in [-0.2, 0) is 0 Å². The molecule has 0 aliphatic rings. The Morgan fingerprint density at radius 2 is 2.25 bits per heavy atom. The first-order chi connectivity index (χ1) is 7.72. The molecule has 0 amide bonds. The quantitative estimate of drug-likeness (QED) is 0.819. The summed E-state index contributed by atoms with van der Waals surface area (Å²) in [5, 5.41) is 18.1. The number of para-hydroxylation sites is 1. The Bertz CT molecular complexity index is 514. The first kappa shape index (κ1) is 10.5. The van der Waals surface area contributed by atoms with E-state index < -0.39 is 5.97 Å². The number of hydrogen-bond donors (Lipinski definition) is 2. The van der Waals surface area contributed by atoms with Crippen molar-refractivity contribution in [2.75, 3.05) is 13.2 Å². The molecule has 0 spiro atoms. The van der Waals surface area contributed by atoms with Crippen molar-refractivity contribution in [3.63, 3.8) is 0 Å². The Morgan fingerprint density at radius 1 is 1.44 bits per heavy atom. The molecule has 5 heteroatoms. The fourth-order valence-electron chi connectivity index (χ4n) is 1.41. The molecule has 0 aliphatic heterocycles. The molecule has 0 atom stereocenters. The lowest BCUT2D eigenvalue weighted by molar-refractivity contribution is 0.0664. The molecule has 0 unspecified atom stereocenters. The minimum absolute atomic E-state index is 0.108. The third-order valence-electron chi connectivity index (χ3n) is 2.07. The van der Waals surface area contributed by atoms with E-state index in [1.807, 2.05) is 0 Å². The van der Waals surface area contributed by atoms with Gasteiger partial charge in [0, 0.05) is 5.39 Å². The number of furan rings is 1. The van der Waals surface area contributed by atoms with Gasteiger partial charge < -0.3 is 19.4 Å². The fourth-order valence-corrected chi connectivity index (χ4v) is 1.41. The molecule has 1 heterocycles. The molecular formula is C11H10O5. The summed E-state index contributed by atoms with van der Waals surface area (Å²) in [6, 6.07) is 6.56. The van der Waals surface area contributed by atoms with E-state index in [0.717, 1.165) is 0 Å². The first-order valence-corrected chi connectivity index (χ1v) is 4.72. The second kappa shape index (κ2) is 4.24. The Balaban J connectivity index is 2.45. The number of rotatable bonds is 4. The normalized spacial score (nSPS) is 10.6. The molecule has 2 rings (SSSR count). The molecule has 1 aromatic carbocycles. The maximum absolute atomic E-state index is 10.7. The van der Waals surface area contributed by atoms with Crippen LogP contribution in [0, 0.1) is 0 Å². The van der Waals surface area contributed by atoms with Crippen LogP contribution in [0.5, 0.6) is 5.75 Å². The molecule has 0 radical (unpaired) electrons. The lowest BCUT2D eigenvalue weighted by Gasteiger charge is -2.03. The van der Waals surface area contributed by atoms with Crippen molar-refractivity contribution in [3.8, 4) is 5.75 Å². The molecular weight excluding hydrogens is 212 g/mol. The van der Waals surface area contributed by atoms with Gasteiger partial charge in [-0.15, -0.1) is 0 Å². The minimum Gasteiger partial charge on any atom is -0.487 e. The molecule has 0 bridgehead atoms. The van der Waals surface area contributed by atoms with Gasteiger partial charge in [-0.2, -0.15) is 0 Å². The lowest BCUT2D eigenvalue weighted by Crippen LogP contribution is -2.01. The number of fused-ring (bicyclic) bond motifs is 1. The minimum atomic E-state index is -1.12. The van der Waals surface area contributed by atoms with Crippen molar-refractivity contribution in [2.24, 2.45) is 0 Å². The van der Waals surface area contributed by atoms with Crippen molar-refractivity contribution < 1.29 is 24.2 Å². The fraction of sp³-hybridized carbons (Fsp3) is 0.182. The highest BCUT2D eigenvalue weighted by Crippen LogP contribution is 2.28. The van der Waals surface area contributed by atoms with Crippen LogP contribution in [0.25, 0.3) is 11.0 Å². The Morgan fingerprint density at radius 3 is 2.94 bits per heavy atom. The molecule has 5 nitrogen and oxygen atoms in total. The Kier molecular flexibility index (Phi) is 2.78. The van der Waals surface area contributed by atoms with Gasteiger partial charge in [-0.25, -0.2) is 4.79 Å². The predicted octanol–water partition coefficient (Wildman–Crippen LogP) is 1.50. The second-order valence-corrected chi connectivity index (χ2v) is 3.16. The van der Waals surface area contributed by atoms with E-state index in [1.165, 1.54) is 6.07 Å². The largest absolute Gasteiger partial charge is 0.487 e. The highest BCUT2D eigenvalue weighted by Gasteiger charge is 2.13. The van der Waals surface area contributed by atoms with Gasteiger partial charge in [-0.1, -0.05) is 12.1 Å². The number of aromatic carboxylic acids is 1. The monoisotopic (exact) mass is 222 g/mol. The number of ether oxygens (including phenoxy) is 1. The van der Waals surface area contributed by atoms with Crippen molar-refractivity contribution in [1.82, 2.24) is 0 Å². The van der Waals surface area contributed by atoms with Gasteiger partial charge in [0.2, 0.25) is 5.76 Å². The van der Waals surface area contributed by atoms with E-state index in [0.29, 0.717) is 16.7 Å². The lowest BCUT2D eigenvalue weighted by atomic mass is 10.2. The van der Waals surface area contributed by atoms with Gasteiger partial charge in [0.25, 0.3) is 0 Å². The molecule has 0 saturated carbocycles. The second-order valence-electron chi connectivity index (χ2n) is 3.16. The number of carbonyl (C=O) groups is 1. The summed E-state index contributed by atoms with van der Waals surface area (Å²) < 4.78 is 10.4. The van der Waals surface area contributed by atoms with E-state index in [2.05, 4.69) is 0 Å². The van der Waals surface area contributed by atoms with E-state index in [4.69, 9.17) is 19.4 Å². The van der Waals surface area contributed by atoms with Gasteiger partial charge in [0.1, 0.15) is 6.61 Å². The van der Waals surface area contributed by atoms with Crippen LogP contribution in [0.3, 0.4) is 0 Å². The molecule has 0 aliphatic carbocycles. The van der Waals surface area contributed by atoms with Crippen LogP contribution in [0.1, 0.15) is 10.6 Å². The summed E-state index contributed by atoms with van der Waals surface area (Å²) >= 11 is 0. The van der Waals surface area contributed by atoms with Gasteiger partial charge in [0.05, 0.1) is 6.61 Å². The molecule has 16 heavy (non-hydrogen) atoms. The Labute approximate surface area is 90.9 Å². The zero-order chi connectivity index (χ0) is 11.5. The summed E-state index contributed by atoms with van der Waals surface area (Å²) in [6.07, 6.45) is 0. The van der Waals surface area contributed by atoms with Gasteiger partial charge in [0.15, 0.2) is 11.3 Å². The number of hydrogen-bond acceptors (Lipinski definition) is 4. The van der Waals surface area contributed by atoms with Crippen LogP contribution in [0.2, 0.25) is 0 Å². The molecule has 2 N–H and O–H groups in total. The first-order valence-electron chi connectivity index (χ1n) is 4.72. The number of benzene rings is 1.